The number of rotatable bonds is 1. The second-order valence-electron chi connectivity index (χ2n) is 29.9. The van der Waals surface area contributed by atoms with Crippen molar-refractivity contribution in [3.05, 3.63) is 206 Å². The standard InChI is InChI=1S/C77H81BN2O/c1-45-34-66-70-67(35-45)80-63-43-60-56(37-47(63)3)72(7,8)32-33-76(60,14)59-36-46(2)54(40-55(59)71(4,5)6)77(15)31-21-20-30-75(77,13)44-48-26-29-61(64(80)38-48)78(70)62-41-57-58(74(11,12)53-24-18-17-23-52(53)73(57,9)10)42-65(62)79(66)49-27-28-51-50-22-16-19-25-68(50)81-69(51)39-49/h16-19,22-29,34-43H,20-21,30-33,44H2,1-15H3. The molecule has 6 bridgehead atoms. The van der Waals surface area contributed by atoms with Gasteiger partial charge >= 0.3 is 0 Å². The lowest BCUT2D eigenvalue weighted by Crippen LogP contribution is -2.62. The van der Waals surface area contributed by atoms with Gasteiger partial charge in [0.1, 0.15) is 11.2 Å². The molecule has 1 fully saturated rings. The van der Waals surface area contributed by atoms with Gasteiger partial charge in [-0.25, -0.2) is 0 Å². The van der Waals surface area contributed by atoms with Crippen LogP contribution in [0.2, 0.25) is 0 Å². The summed E-state index contributed by atoms with van der Waals surface area (Å²) in [5, 5.41) is 2.30. The lowest BCUT2D eigenvalue weighted by molar-refractivity contribution is 0.0872. The first-order valence-corrected chi connectivity index (χ1v) is 30.7. The molecule has 5 heterocycles. The molecule has 1 saturated carbocycles. The molecule has 8 aromatic carbocycles. The summed E-state index contributed by atoms with van der Waals surface area (Å²) in [7, 11) is 0. The molecule has 9 aromatic rings. The Hall–Kier alpha value is -6.78. The Balaban J connectivity index is 1.06. The highest BCUT2D eigenvalue weighted by atomic mass is 16.3. The number of hydrogen-bond donors (Lipinski definition) is 0. The van der Waals surface area contributed by atoms with Crippen LogP contribution in [0.4, 0.5) is 34.1 Å². The molecule has 16 rings (SSSR count). The van der Waals surface area contributed by atoms with Crippen molar-refractivity contribution in [3.8, 4) is 0 Å². The van der Waals surface area contributed by atoms with Crippen LogP contribution in [0, 0.1) is 26.2 Å². The summed E-state index contributed by atoms with van der Waals surface area (Å²) in [5.41, 5.74) is 31.6. The van der Waals surface area contributed by atoms with Crippen LogP contribution in [0.3, 0.4) is 0 Å². The molecule has 408 valence electrons. The number of aryl methyl sites for hydroxylation is 3. The summed E-state index contributed by atoms with van der Waals surface area (Å²) in [6.45, 7) is 37.4. The minimum Gasteiger partial charge on any atom is -0.456 e. The maximum atomic E-state index is 6.77. The first-order chi connectivity index (χ1) is 38.3. The fraction of sp³-hybridized carbons (Fsp3) is 0.377. The summed E-state index contributed by atoms with van der Waals surface area (Å²) < 4.78 is 6.77. The van der Waals surface area contributed by atoms with Crippen molar-refractivity contribution >= 4 is 79.2 Å². The third-order valence-electron chi connectivity index (χ3n) is 22.8. The van der Waals surface area contributed by atoms with Crippen LogP contribution in [0.15, 0.2) is 138 Å². The van der Waals surface area contributed by atoms with Gasteiger partial charge in [-0.15, -0.1) is 0 Å². The Bertz CT molecular complexity index is 4230. The smallest absolute Gasteiger partial charge is 0.252 e. The molecule has 0 spiro atoms. The van der Waals surface area contributed by atoms with Crippen molar-refractivity contribution < 1.29 is 4.42 Å². The van der Waals surface area contributed by atoms with Gasteiger partial charge in [-0.1, -0.05) is 175 Å². The van der Waals surface area contributed by atoms with Crippen molar-refractivity contribution in [1.82, 2.24) is 0 Å². The lowest BCUT2D eigenvalue weighted by Gasteiger charge is -2.52. The molecular weight excluding hydrogens is 980 g/mol. The number of hydrogen-bond acceptors (Lipinski definition) is 3. The molecule has 0 radical (unpaired) electrons. The Labute approximate surface area is 483 Å². The van der Waals surface area contributed by atoms with Crippen LogP contribution in [0.25, 0.3) is 21.9 Å². The number of nitrogens with zero attached hydrogens (tertiary/aromatic N) is 2. The van der Waals surface area contributed by atoms with E-state index in [1.54, 1.807) is 5.56 Å². The van der Waals surface area contributed by atoms with Crippen molar-refractivity contribution in [2.75, 3.05) is 9.80 Å². The summed E-state index contributed by atoms with van der Waals surface area (Å²) in [5.74, 6) is 0. The molecule has 4 heteroatoms. The number of fused-ring (bicyclic) bond motifs is 10. The molecule has 3 aliphatic carbocycles. The fourth-order valence-corrected chi connectivity index (χ4v) is 17.8. The van der Waals surface area contributed by atoms with E-state index in [4.69, 9.17) is 4.42 Å². The van der Waals surface area contributed by atoms with E-state index >= 15 is 0 Å². The molecule has 0 N–H and O–H groups in total. The van der Waals surface area contributed by atoms with Gasteiger partial charge < -0.3 is 14.2 Å². The molecule has 0 saturated heterocycles. The van der Waals surface area contributed by atoms with Crippen molar-refractivity contribution in [3.63, 3.8) is 0 Å². The number of para-hydroxylation sites is 1. The maximum absolute atomic E-state index is 6.77. The van der Waals surface area contributed by atoms with E-state index in [-0.39, 0.29) is 44.6 Å². The first kappa shape index (κ1) is 51.1. The van der Waals surface area contributed by atoms with Gasteiger partial charge in [0.25, 0.3) is 6.71 Å². The highest BCUT2D eigenvalue weighted by Crippen LogP contribution is 2.60. The van der Waals surface area contributed by atoms with Gasteiger partial charge in [-0.05, 0) is 212 Å². The van der Waals surface area contributed by atoms with Crippen molar-refractivity contribution in [2.24, 2.45) is 5.41 Å². The van der Waals surface area contributed by atoms with E-state index in [0.29, 0.717) is 0 Å². The average molecular weight is 1060 g/mol. The second kappa shape index (κ2) is 16.5. The Morgan fingerprint density at radius 1 is 0.469 bits per heavy atom. The number of furan rings is 1. The van der Waals surface area contributed by atoms with Gasteiger partial charge in [0.2, 0.25) is 0 Å². The average Bonchev–Trinajstić information content (AvgIpc) is 1.79. The van der Waals surface area contributed by atoms with Crippen LogP contribution < -0.4 is 26.2 Å². The van der Waals surface area contributed by atoms with Crippen molar-refractivity contribution in [2.45, 2.75) is 181 Å². The molecule has 3 atom stereocenters. The maximum Gasteiger partial charge on any atom is 0.252 e. The van der Waals surface area contributed by atoms with E-state index < -0.39 is 0 Å². The zero-order chi connectivity index (χ0) is 56.5. The quantitative estimate of drug-likeness (QED) is 0.153. The van der Waals surface area contributed by atoms with Crippen LogP contribution in [0.5, 0.6) is 0 Å². The first-order valence-electron chi connectivity index (χ1n) is 30.7. The fourth-order valence-electron chi connectivity index (χ4n) is 17.8. The van der Waals surface area contributed by atoms with Gasteiger partial charge in [0.15, 0.2) is 0 Å². The van der Waals surface area contributed by atoms with Crippen LogP contribution >= 0.6 is 0 Å². The van der Waals surface area contributed by atoms with Gasteiger partial charge in [-0.3, -0.25) is 0 Å². The zero-order valence-corrected chi connectivity index (χ0v) is 51.0. The zero-order valence-electron chi connectivity index (χ0n) is 51.0. The highest BCUT2D eigenvalue weighted by molar-refractivity contribution is 7.00. The highest BCUT2D eigenvalue weighted by Gasteiger charge is 2.52. The second-order valence-corrected chi connectivity index (χ2v) is 29.9. The minimum absolute atomic E-state index is 0.00745. The van der Waals surface area contributed by atoms with E-state index in [9.17, 15) is 0 Å². The largest absolute Gasteiger partial charge is 0.456 e. The molecule has 3 nitrogen and oxygen atoms in total. The third kappa shape index (κ3) is 6.83. The van der Waals surface area contributed by atoms with E-state index in [0.717, 1.165) is 46.9 Å². The molecule has 4 aliphatic heterocycles. The minimum atomic E-state index is -0.232. The molecule has 3 unspecified atom stereocenters. The summed E-state index contributed by atoms with van der Waals surface area (Å²) in [6.07, 6.45) is 8.20. The molecule has 0 amide bonds. The molecule has 1 aromatic heterocycles. The summed E-state index contributed by atoms with van der Waals surface area (Å²) in [6, 6.07) is 53.7. The molecule has 81 heavy (non-hydrogen) atoms. The number of anilines is 6. The Kier molecular flexibility index (Phi) is 10.4. The Morgan fingerprint density at radius 3 is 1.85 bits per heavy atom. The summed E-state index contributed by atoms with van der Waals surface area (Å²) >= 11 is 0. The van der Waals surface area contributed by atoms with E-state index in [1.807, 2.05) is 0 Å². The predicted octanol–water partition coefficient (Wildman–Crippen LogP) is 18.6. The van der Waals surface area contributed by atoms with Gasteiger partial charge in [-0.2, -0.15) is 0 Å². The van der Waals surface area contributed by atoms with Crippen LogP contribution in [-0.4, -0.2) is 6.71 Å². The molecule has 7 aliphatic rings. The monoisotopic (exact) mass is 1060 g/mol. The Morgan fingerprint density at radius 2 is 1.11 bits per heavy atom. The van der Waals surface area contributed by atoms with Crippen LogP contribution in [0.1, 0.15) is 194 Å². The normalized spacial score (nSPS) is 23.3. The van der Waals surface area contributed by atoms with Crippen LogP contribution in [-0.2, 0) is 38.9 Å². The lowest BCUT2D eigenvalue weighted by atomic mass is 9.33. The predicted molar refractivity (Wildman–Crippen MR) is 344 cm³/mol. The number of benzene rings is 8. The SMILES string of the molecule is Cc1cc2c3c(c1)N1c4cc5c(cc4C)C(C)(C)CCC5(C)c4cc(C)c(cc4C(C)(C)C)C4(C)CCCCC4(C)Cc4ccc(c1c4)B3c1cc3c(cc1N2c1ccc2c(c1)oc1ccccc12)C(C)(C)c1ccccc1C3(C)C. The van der Waals surface area contributed by atoms with E-state index in [1.165, 1.54) is 137 Å². The molecular formula is C77H81BN2O. The summed E-state index contributed by atoms with van der Waals surface area (Å²) in [4.78, 5) is 5.40. The van der Waals surface area contributed by atoms with E-state index in [2.05, 4.69) is 247 Å². The van der Waals surface area contributed by atoms with Crippen molar-refractivity contribution in [1.29, 1.82) is 0 Å². The van der Waals surface area contributed by atoms with Gasteiger partial charge in [0.05, 0.1) is 0 Å². The van der Waals surface area contributed by atoms with Gasteiger partial charge in [0, 0.05) is 67.2 Å². The topological polar surface area (TPSA) is 19.6 Å². The third-order valence-corrected chi connectivity index (χ3v) is 22.8.